The summed E-state index contributed by atoms with van der Waals surface area (Å²) in [5, 5.41) is 34.9. The molecule has 1 spiro atoms. The molecule has 9 heteroatoms. The summed E-state index contributed by atoms with van der Waals surface area (Å²) in [6, 6.07) is 12.6. The lowest BCUT2D eigenvalue weighted by Gasteiger charge is -2.17. The first-order chi connectivity index (χ1) is 15.9. The maximum atomic E-state index is 13.4. The van der Waals surface area contributed by atoms with Gasteiger partial charge in [0.1, 0.15) is 41.6 Å². The van der Waals surface area contributed by atoms with Gasteiger partial charge in [-0.3, -0.25) is 0 Å². The minimum absolute atomic E-state index is 0.136. The zero-order chi connectivity index (χ0) is 22.7. The van der Waals surface area contributed by atoms with E-state index in [0.717, 1.165) is 11.1 Å². The smallest absolute Gasteiger partial charge is 0.164 e. The molecule has 0 amide bonds. The minimum atomic E-state index is -1.11. The van der Waals surface area contributed by atoms with Crippen molar-refractivity contribution in [1.29, 1.82) is 0 Å². The summed E-state index contributed by atoms with van der Waals surface area (Å²) in [7, 11) is 0. The van der Waals surface area contributed by atoms with Crippen LogP contribution in [0.4, 0.5) is 15.9 Å². The number of nitrogens with one attached hydrogen (secondary N) is 1. The van der Waals surface area contributed by atoms with Crippen LogP contribution in [0.5, 0.6) is 5.75 Å². The molecule has 3 atom stereocenters. The fourth-order valence-corrected chi connectivity index (χ4v) is 4.51. The zero-order valence-corrected chi connectivity index (χ0v) is 17.4. The van der Waals surface area contributed by atoms with Crippen molar-refractivity contribution in [2.45, 2.75) is 36.9 Å². The Morgan fingerprint density at radius 1 is 1.03 bits per heavy atom. The highest BCUT2D eigenvalue weighted by Crippen LogP contribution is 2.53. The molecule has 33 heavy (non-hydrogen) atoms. The third-order valence-corrected chi connectivity index (χ3v) is 6.42. The molecule has 2 aromatic heterocycles. The average Bonchev–Trinajstić information content (AvgIpc) is 3.45. The van der Waals surface area contributed by atoms with Gasteiger partial charge in [-0.2, -0.15) is 0 Å². The van der Waals surface area contributed by atoms with Crippen LogP contribution < -0.4 is 5.32 Å². The van der Waals surface area contributed by atoms with Crippen LogP contribution >= 0.6 is 0 Å². The van der Waals surface area contributed by atoms with E-state index >= 15 is 0 Å². The van der Waals surface area contributed by atoms with Gasteiger partial charge in [0.05, 0.1) is 11.0 Å². The van der Waals surface area contributed by atoms with Crippen molar-refractivity contribution in [3.05, 3.63) is 66.9 Å². The summed E-state index contributed by atoms with van der Waals surface area (Å²) in [6.07, 6.45) is 1.69. The Kier molecular flexibility index (Phi) is 4.41. The second-order valence-electron chi connectivity index (χ2n) is 8.56. The van der Waals surface area contributed by atoms with E-state index in [-0.39, 0.29) is 11.6 Å². The second-order valence-corrected chi connectivity index (χ2v) is 8.56. The summed E-state index contributed by atoms with van der Waals surface area (Å²) in [6.45, 7) is 0. The van der Waals surface area contributed by atoms with E-state index in [2.05, 4.69) is 15.3 Å². The van der Waals surface area contributed by atoms with Crippen molar-refractivity contribution >= 4 is 22.5 Å². The normalized spacial score (nSPS) is 23.3. The number of hydrogen-bond acceptors (Lipinski definition) is 7. The van der Waals surface area contributed by atoms with E-state index < -0.39 is 24.0 Å². The lowest BCUT2D eigenvalue weighted by Crippen LogP contribution is -2.32. The SMILES string of the molecule is Oc1ccc(-c2cn([C@@H]3OC4(CC4)[C@@H](O)[C@H]3O)c3ncnc(Nc4ccc(F)cc4)c23)cc1. The summed E-state index contributed by atoms with van der Waals surface area (Å²) in [5.41, 5.74) is 1.98. The Morgan fingerprint density at radius 3 is 2.42 bits per heavy atom. The summed E-state index contributed by atoms with van der Waals surface area (Å²) < 4.78 is 21.2. The predicted molar refractivity (Wildman–Crippen MR) is 118 cm³/mol. The van der Waals surface area contributed by atoms with E-state index in [9.17, 15) is 19.7 Å². The van der Waals surface area contributed by atoms with Crippen LogP contribution in [0.25, 0.3) is 22.2 Å². The molecular formula is C24H21FN4O4. The van der Waals surface area contributed by atoms with Crippen molar-refractivity contribution in [2.75, 3.05) is 5.32 Å². The van der Waals surface area contributed by atoms with Gasteiger partial charge in [-0.1, -0.05) is 12.1 Å². The highest BCUT2D eigenvalue weighted by Gasteiger charge is 2.62. The third kappa shape index (κ3) is 3.24. The number of halogens is 1. The molecule has 2 aliphatic rings. The Labute approximate surface area is 187 Å². The number of aliphatic hydroxyl groups excluding tert-OH is 2. The highest BCUT2D eigenvalue weighted by atomic mass is 19.1. The standard InChI is InChI=1S/C24H21FN4O4/c25-14-3-5-15(6-4-14)28-21-18-17(13-1-7-16(30)8-2-13)11-29(22(18)27-12-26-21)23-19(31)20(32)24(33-23)9-10-24/h1-8,11-12,19-20,23,30-32H,9-10H2,(H,26,27,28)/t19-,20+,23-/m1/s1. The maximum Gasteiger partial charge on any atom is 0.164 e. The first-order valence-corrected chi connectivity index (χ1v) is 10.7. The molecule has 1 aliphatic carbocycles. The van der Waals surface area contributed by atoms with Crippen LogP contribution in [0, 0.1) is 5.82 Å². The molecule has 0 bridgehead atoms. The average molecular weight is 448 g/mol. The Balaban J connectivity index is 1.52. The summed E-state index contributed by atoms with van der Waals surface area (Å²) in [5.74, 6) is 0.281. The van der Waals surface area contributed by atoms with Gasteiger partial charge in [0.25, 0.3) is 0 Å². The van der Waals surface area contributed by atoms with E-state index in [1.165, 1.54) is 18.5 Å². The first-order valence-electron chi connectivity index (χ1n) is 10.7. The highest BCUT2D eigenvalue weighted by molar-refractivity contribution is 6.02. The van der Waals surface area contributed by atoms with E-state index in [1.54, 1.807) is 41.0 Å². The molecule has 0 radical (unpaired) electrons. The van der Waals surface area contributed by atoms with E-state index in [1.807, 2.05) is 6.20 Å². The largest absolute Gasteiger partial charge is 0.508 e. The van der Waals surface area contributed by atoms with Gasteiger partial charge in [0, 0.05) is 17.4 Å². The molecule has 1 aliphatic heterocycles. The number of aliphatic hydroxyl groups is 2. The summed E-state index contributed by atoms with van der Waals surface area (Å²) >= 11 is 0. The lowest BCUT2D eigenvalue weighted by molar-refractivity contribution is -0.0456. The lowest BCUT2D eigenvalue weighted by atomic mass is 10.1. The number of rotatable bonds is 4. The predicted octanol–water partition coefficient (Wildman–Crippen LogP) is 3.47. The number of phenols is 1. The Hall–Kier alpha value is -3.53. The zero-order valence-electron chi connectivity index (χ0n) is 17.4. The van der Waals surface area contributed by atoms with Crippen molar-refractivity contribution in [2.24, 2.45) is 0 Å². The van der Waals surface area contributed by atoms with Gasteiger partial charge in [-0.25, -0.2) is 14.4 Å². The van der Waals surface area contributed by atoms with Crippen molar-refractivity contribution in [3.8, 4) is 16.9 Å². The topological polar surface area (TPSA) is 113 Å². The van der Waals surface area contributed by atoms with Gasteiger partial charge in [-0.15, -0.1) is 0 Å². The number of phenolic OH excluding ortho intramolecular Hbond substituents is 1. The molecule has 6 rings (SSSR count). The van der Waals surface area contributed by atoms with Crippen molar-refractivity contribution in [3.63, 3.8) is 0 Å². The third-order valence-electron chi connectivity index (χ3n) is 6.42. The number of aromatic hydroxyl groups is 1. The van der Waals surface area contributed by atoms with E-state index in [0.29, 0.717) is 35.4 Å². The van der Waals surface area contributed by atoms with Gasteiger partial charge in [0.15, 0.2) is 6.23 Å². The fraction of sp³-hybridized carbons (Fsp3) is 0.250. The van der Waals surface area contributed by atoms with Gasteiger partial charge >= 0.3 is 0 Å². The van der Waals surface area contributed by atoms with Crippen LogP contribution in [0.15, 0.2) is 61.1 Å². The van der Waals surface area contributed by atoms with Gasteiger partial charge < -0.3 is 29.9 Å². The van der Waals surface area contributed by atoms with Crippen molar-refractivity contribution in [1.82, 2.24) is 14.5 Å². The molecule has 4 N–H and O–H groups in total. The monoisotopic (exact) mass is 448 g/mol. The van der Waals surface area contributed by atoms with Gasteiger partial charge in [-0.05, 0) is 54.8 Å². The molecule has 4 aromatic rings. The minimum Gasteiger partial charge on any atom is -0.508 e. The molecule has 3 heterocycles. The molecule has 168 valence electrons. The van der Waals surface area contributed by atoms with Crippen LogP contribution in [-0.2, 0) is 4.74 Å². The molecule has 8 nitrogen and oxygen atoms in total. The number of benzene rings is 2. The number of aromatic nitrogens is 3. The van der Waals surface area contributed by atoms with Crippen molar-refractivity contribution < 1.29 is 24.4 Å². The molecule has 2 aromatic carbocycles. The molecule has 1 saturated carbocycles. The molecule has 1 saturated heterocycles. The van der Waals surface area contributed by atoms with Crippen LogP contribution in [0.1, 0.15) is 19.1 Å². The molecule has 0 unspecified atom stereocenters. The second kappa shape index (κ2) is 7.24. The number of hydrogen-bond donors (Lipinski definition) is 4. The maximum absolute atomic E-state index is 13.4. The number of nitrogens with zero attached hydrogens (tertiary/aromatic N) is 3. The fourth-order valence-electron chi connectivity index (χ4n) is 4.51. The van der Waals surface area contributed by atoms with Crippen LogP contribution in [0.2, 0.25) is 0 Å². The number of fused-ring (bicyclic) bond motifs is 1. The Morgan fingerprint density at radius 2 is 1.76 bits per heavy atom. The van der Waals surface area contributed by atoms with Crippen LogP contribution in [0.3, 0.4) is 0 Å². The van der Waals surface area contributed by atoms with Crippen LogP contribution in [-0.4, -0.2) is 47.7 Å². The number of ether oxygens (including phenoxy) is 1. The van der Waals surface area contributed by atoms with E-state index in [4.69, 9.17) is 4.74 Å². The Bertz CT molecular complexity index is 1340. The molecule has 2 fully saturated rings. The quantitative estimate of drug-likeness (QED) is 0.378. The summed E-state index contributed by atoms with van der Waals surface area (Å²) in [4.78, 5) is 8.88. The number of anilines is 2. The molecular weight excluding hydrogens is 427 g/mol. The van der Waals surface area contributed by atoms with Gasteiger partial charge in [0.2, 0.25) is 0 Å². The first kappa shape index (κ1) is 20.1.